The van der Waals surface area contributed by atoms with Crippen LogP contribution >= 0.6 is 0 Å². The monoisotopic (exact) mass is 156 g/mol. The van der Waals surface area contributed by atoms with Crippen molar-refractivity contribution in [2.45, 2.75) is 57.5 Å². The van der Waals surface area contributed by atoms with Crippen LogP contribution < -0.4 is 0 Å². The third-order valence-corrected chi connectivity index (χ3v) is 3.53. The quantitative estimate of drug-likeness (QED) is 0.587. The Bertz CT molecular complexity index is 154. The number of alkyl halides is 1. The summed E-state index contributed by atoms with van der Waals surface area (Å²) in [7, 11) is 0. The summed E-state index contributed by atoms with van der Waals surface area (Å²) in [5.41, 5.74) is -0.180. The van der Waals surface area contributed by atoms with Crippen molar-refractivity contribution in [1.29, 1.82) is 0 Å². The summed E-state index contributed by atoms with van der Waals surface area (Å²) >= 11 is 0. The minimum atomic E-state index is -0.710. The van der Waals surface area contributed by atoms with Gasteiger partial charge in [-0.25, -0.2) is 4.39 Å². The van der Waals surface area contributed by atoms with Crippen molar-refractivity contribution in [3.8, 4) is 0 Å². The SMILES string of the molecule is CC1(CCC2(F)CC2)CCC1. The number of halogens is 1. The number of rotatable bonds is 3. The van der Waals surface area contributed by atoms with E-state index in [1.807, 2.05) is 0 Å². The Morgan fingerprint density at radius 3 is 2.09 bits per heavy atom. The zero-order chi connectivity index (χ0) is 7.95. The van der Waals surface area contributed by atoms with E-state index in [0.29, 0.717) is 5.41 Å². The molecule has 0 nitrogen and oxygen atoms in total. The fraction of sp³-hybridized carbons (Fsp3) is 1.00. The van der Waals surface area contributed by atoms with Crippen LogP contribution in [-0.4, -0.2) is 5.67 Å². The van der Waals surface area contributed by atoms with E-state index in [1.165, 1.54) is 19.3 Å². The van der Waals surface area contributed by atoms with E-state index >= 15 is 0 Å². The Morgan fingerprint density at radius 2 is 1.73 bits per heavy atom. The second kappa shape index (κ2) is 2.21. The summed E-state index contributed by atoms with van der Waals surface area (Å²) in [6.45, 7) is 2.31. The predicted molar refractivity (Wildman–Crippen MR) is 44.3 cm³/mol. The van der Waals surface area contributed by atoms with Gasteiger partial charge in [0.15, 0.2) is 0 Å². The molecule has 0 aromatic heterocycles. The molecule has 1 heteroatoms. The Labute approximate surface area is 68.2 Å². The normalized spacial score (nSPS) is 31.1. The van der Waals surface area contributed by atoms with Crippen molar-refractivity contribution in [2.75, 3.05) is 0 Å². The molecular weight excluding hydrogens is 139 g/mol. The largest absolute Gasteiger partial charge is 0.244 e. The predicted octanol–water partition coefficient (Wildman–Crippen LogP) is 3.46. The molecule has 2 saturated carbocycles. The lowest BCUT2D eigenvalue weighted by Gasteiger charge is -2.38. The van der Waals surface area contributed by atoms with Gasteiger partial charge in [0.1, 0.15) is 5.67 Å². The van der Waals surface area contributed by atoms with Crippen molar-refractivity contribution in [1.82, 2.24) is 0 Å². The van der Waals surface area contributed by atoms with E-state index < -0.39 is 5.67 Å². The standard InChI is InChI=1S/C10H17F/c1-9(3-2-4-9)5-6-10(11)7-8-10/h2-8H2,1H3. The molecule has 0 saturated heterocycles. The van der Waals surface area contributed by atoms with Crippen LogP contribution in [0.25, 0.3) is 0 Å². The van der Waals surface area contributed by atoms with Crippen molar-refractivity contribution in [2.24, 2.45) is 5.41 Å². The first-order chi connectivity index (χ1) is 5.12. The van der Waals surface area contributed by atoms with Crippen molar-refractivity contribution < 1.29 is 4.39 Å². The second-order valence-corrected chi connectivity index (χ2v) is 4.82. The van der Waals surface area contributed by atoms with Gasteiger partial charge in [0.2, 0.25) is 0 Å². The van der Waals surface area contributed by atoms with Gasteiger partial charge in [-0.1, -0.05) is 13.3 Å². The Hall–Kier alpha value is -0.0700. The summed E-state index contributed by atoms with van der Waals surface area (Å²) in [6.07, 6.45) is 7.68. The van der Waals surface area contributed by atoms with Crippen LogP contribution in [0.5, 0.6) is 0 Å². The number of hydrogen-bond donors (Lipinski definition) is 0. The molecule has 2 aliphatic carbocycles. The first kappa shape index (κ1) is 7.57. The lowest BCUT2D eigenvalue weighted by Crippen LogP contribution is -2.26. The highest BCUT2D eigenvalue weighted by Crippen LogP contribution is 2.50. The Morgan fingerprint density at radius 1 is 1.09 bits per heavy atom. The van der Waals surface area contributed by atoms with E-state index in [2.05, 4.69) is 6.92 Å². The summed E-state index contributed by atoms with van der Waals surface area (Å²) < 4.78 is 13.2. The summed E-state index contributed by atoms with van der Waals surface area (Å²) in [4.78, 5) is 0. The molecule has 64 valence electrons. The second-order valence-electron chi connectivity index (χ2n) is 4.82. The van der Waals surface area contributed by atoms with Crippen LogP contribution in [0, 0.1) is 5.41 Å². The summed E-state index contributed by atoms with van der Waals surface area (Å²) in [6, 6.07) is 0. The fourth-order valence-electron chi connectivity index (χ4n) is 1.94. The van der Waals surface area contributed by atoms with Crippen LogP contribution in [0.1, 0.15) is 51.9 Å². The molecule has 11 heavy (non-hydrogen) atoms. The van der Waals surface area contributed by atoms with Crippen LogP contribution in [0.2, 0.25) is 0 Å². The molecule has 2 rings (SSSR count). The molecule has 0 heterocycles. The van der Waals surface area contributed by atoms with Crippen molar-refractivity contribution in [3.05, 3.63) is 0 Å². The van der Waals surface area contributed by atoms with E-state index in [1.54, 1.807) is 0 Å². The maximum Gasteiger partial charge on any atom is 0.111 e. The zero-order valence-electron chi connectivity index (χ0n) is 7.33. The van der Waals surface area contributed by atoms with Gasteiger partial charge in [-0.3, -0.25) is 0 Å². The molecule has 0 amide bonds. The van der Waals surface area contributed by atoms with Crippen LogP contribution in [-0.2, 0) is 0 Å². The van der Waals surface area contributed by atoms with Gasteiger partial charge in [0.05, 0.1) is 0 Å². The highest BCUT2D eigenvalue weighted by atomic mass is 19.1. The molecule has 0 aromatic carbocycles. The number of hydrogen-bond acceptors (Lipinski definition) is 0. The van der Waals surface area contributed by atoms with Gasteiger partial charge >= 0.3 is 0 Å². The first-order valence-corrected chi connectivity index (χ1v) is 4.81. The van der Waals surface area contributed by atoms with Gasteiger partial charge < -0.3 is 0 Å². The third kappa shape index (κ3) is 1.57. The van der Waals surface area contributed by atoms with Crippen molar-refractivity contribution in [3.63, 3.8) is 0 Å². The van der Waals surface area contributed by atoms with Gasteiger partial charge in [0.25, 0.3) is 0 Å². The van der Waals surface area contributed by atoms with Crippen LogP contribution in [0.15, 0.2) is 0 Å². The van der Waals surface area contributed by atoms with E-state index in [0.717, 1.165) is 25.7 Å². The maximum atomic E-state index is 13.2. The molecule has 0 radical (unpaired) electrons. The molecule has 0 bridgehead atoms. The molecule has 0 unspecified atom stereocenters. The van der Waals surface area contributed by atoms with Gasteiger partial charge in [-0.15, -0.1) is 0 Å². The molecule has 0 aliphatic heterocycles. The highest BCUT2D eigenvalue weighted by Gasteiger charge is 2.45. The lowest BCUT2D eigenvalue weighted by molar-refractivity contribution is 0.120. The maximum absolute atomic E-state index is 13.2. The summed E-state index contributed by atoms with van der Waals surface area (Å²) in [5, 5.41) is 0. The van der Waals surface area contributed by atoms with Gasteiger partial charge in [0, 0.05) is 0 Å². The van der Waals surface area contributed by atoms with E-state index in [-0.39, 0.29) is 0 Å². The van der Waals surface area contributed by atoms with Gasteiger partial charge in [-0.05, 0) is 43.9 Å². The molecule has 2 fully saturated rings. The smallest absolute Gasteiger partial charge is 0.111 e. The van der Waals surface area contributed by atoms with Crippen LogP contribution in [0.3, 0.4) is 0 Å². The zero-order valence-corrected chi connectivity index (χ0v) is 7.33. The first-order valence-electron chi connectivity index (χ1n) is 4.81. The highest BCUT2D eigenvalue weighted by molar-refractivity contribution is 4.96. The fourth-order valence-corrected chi connectivity index (χ4v) is 1.94. The molecule has 0 atom stereocenters. The lowest BCUT2D eigenvalue weighted by atomic mass is 9.67. The van der Waals surface area contributed by atoms with E-state index in [9.17, 15) is 4.39 Å². The topological polar surface area (TPSA) is 0 Å². The van der Waals surface area contributed by atoms with E-state index in [4.69, 9.17) is 0 Å². The summed E-state index contributed by atoms with van der Waals surface area (Å²) in [5.74, 6) is 0. The average molecular weight is 156 g/mol. The Kier molecular flexibility index (Phi) is 1.52. The third-order valence-electron chi connectivity index (χ3n) is 3.53. The molecule has 2 aliphatic rings. The molecular formula is C10H17F. The minimum absolute atomic E-state index is 0.529. The minimum Gasteiger partial charge on any atom is -0.244 e. The van der Waals surface area contributed by atoms with Crippen LogP contribution in [0.4, 0.5) is 4.39 Å². The average Bonchev–Trinajstić information content (AvgIpc) is 2.61. The molecule has 0 aromatic rings. The Balaban J connectivity index is 1.73. The molecule has 0 N–H and O–H groups in total. The van der Waals surface area contributed by atoms with Gasteiger partial charge in [-0.2, -0.15) is 0 Å². The molecule has 0 spiro atoms. The van der Waals surface area contributed by atoms with Crippen molar-refractivity contribution >= 4 is 0 Å².